The van der Waals surface area contributed by atoms with Gasteiger partial charge in [-0.1, -0.05) is 17.7 Å². The zero-order chi connectivity index (χ0) is 17.4. The summed E-state index contributed by atoms with van der Waals surface area (Å²) in [6, 6.07) is 4.48. The maximum Gasteiger partial charge on any atom is 0.191 e. The molecule has 0 unspecified atom stereocenters. The van der Waals surface area contributed by atoms with Crippen molar-refractivity contribution in [2.24, 2.45) is 4.99 Å². The van der Waals surface area contributed by atoms with Gasteiger partial charge in [0.2, 0.25) is 0 Å². The molecule has 4 nitrogen and oxygen atoms in total. The van der Waals surface area contributed by atoms with Crippen LogP contribution < -0.4 is 10.6 Å². The molecule has 2 N–H and O–H groups in total. The largest absolute Gasteiger partial charge is 0.357 e. The van der Waals surface area contributed by atoms with Gasteiger partial charge in [-0.15, -0.1) is 35.3 Å². The lowest BCUT2D eigenvalue weighted by atomic mass is 10.1. The molecule has 0 radical (unpaired) electrons. The van der Waals surface area contributed by atoms with Crippen molar-refractivity contribution < 1.29 is 4.39 Å². The van der Waals surface area contributed by atoms with Gasteiger partial charge in [-0.05, 0) is 38.0 Å². The average Bonchev–Trinajstić information content (AvgIpc) is 2.95. The van der Waals surface area contributed by atoms with Gasteiger partial charge in [-0.3, -0.25) is 4.99 Å². The van der Waals surface area contributed by atoms with Crippen LogP contribution in [-0.2, 0) is 12.8 Å². The van der Waals surface area contributed by atoms with Crippen molar-refractivity contribution in [3.8, 4) is 0 Å². The van der Waals surface area contributed by atoms with Crippen molar-refractivity contribution in [1.82, 2.24) is 15.6 Å². The summed E-state index contributed by atoms with van der Waals surface area (Å²) in [6.45, 7) is 6.22. The lowest BCUT2D eigenvalue weighted by Gasteiger charge is -2.11. The highest BCUT2D eigenvalue weighted by Crippen LogP contribution is 2.17. The molecule has 8 heteroatoms. The Morgan fingerprint density at radius 3 is 2.76 bits per heavy atom. The lowest BCUT2D eigenvalue weighted by Crippen LogP contribution is -2.38. The third kappa shape index (κ3) is 7.87. The summed E-state index contributed by atoms with van der Waals surface area (Å²) >= 11 is 7.74. The first-order chi connectivity index (χ1) is 11.6. The smallest absolute Gasteiger partial charge is 0.191 e. The molecule has 0 bridgehead atoms. The first kappa shape index (κ1) is 22.1. The van der Waals surface area contributed by atoms with E-state index in [1.807, 2.05) is 13.1 Å². The molecule has 0 aliphatic heterocycles. The highest BCUT2D eigenvalue weighted by atomic mass is 127. The summed E-state index contributed by atoms with van der Waals surface area (Å²) in [5.41, 5.74) is 0.916. The number of rotatable bonds is 7. The van der Waals surface area contributed by atoms with Crippen molar-refractivity contribution in [3.63, 3.8) is 0 Å². The number of thiazole rings is 1. The molecule has 0 saturated carbocycles. The summed E-state index contributed by atoms with van der Waals surface area (Å²) in [4.78, 5) is 10.1. The standard InChI is InChI=1S/C17H22ClFN4S.HI/c1-3-20-17(22-9-7-16-23-11-12(2)24-16)21-8-6-13-4-5-14(19)10-15(13)18;/h4-5,10-11H,3,6-9H2,1-2H3,(H2,20,21,22);1H. The second kappa shape index (κ2) is 11.6. The number of nitrogens with one attached hydrogen (secondary N) is 2. The molecule has 0 spiro atoms. The van der Waals surface area contributed by atoms with Crippen LogP contribution in [0.2, 0.25) is 5.02 Å². The minimum absolute atomic E-state index is 0. The van der Waals surface area contributed by atoms with Crippen molar-refractivity contribution >= 4 is 52.9 Å². The lowest BCUT2D eigenvalue weighted by molar-refractivity contribution is 0.627. The van der Waals surface area contributed by atoms with E-state index in [-0.39, 0.29) is 29.8 Å². The number of halogens is 3. The molecule has 2 rings (SSSR count). The molecule has 0 aliphatic rings. The van der Waals surface area contributed by atoms with Crippen LogP contribution >= 0.6 is 46.9 Å². The zero-order valence-corrected chi connectivity index (χ0v) is 18.2. The van der Waals surface area contributed by atoms with E-state index in [2.05, 4.69) is 27.5 Å². The molecule has 0 aliphatic carbocycles. The van der Waals surface area contributed by atoms with Gasteiger partial charge in [0.25, 0.3) is 0 Å². The predicted octanol–water partition coefficient (Wildman–Crippen LogP) is 4.20. The van der Waals surface area contributed by atoms with Gasteiger partial charge < -0.3 is 10.6 Å². The normalized spacial score (nSPS) is 11.1. The van der Waals surface area contributed by atoms with E-state index in [9.17, 15) is 4.39 Å². The maximum atomic E-state index is 13.0. The Kier molecular flexibility index (Phi) is 10.3. The number of aliphatic imine (C=N–C) groups is 1. The molecule has 0 atom stereocenters. The fraction of sp³-hybridized carbons (Fsp3) is 0.412. The highest BCUT2D eigenvalue weighted by Gasteiger charge is 2.03. The van der Waals surface area contributed by atoms with Crippen LogP contribution in [0.4, 0.5) is 4.39 Å². The Morgan fingerprint density at radius 2 is 2.12 bits per heavy atom. The van der Waals surface area contributed by atoms with Gasteiger partial charge >= 0.3 is 0 Å². The minimum atomic E-state index is -0.316. The molecular weight excluding hydrogens is 474 g/mol. The van der Waals surface area contributed by atoms with Crippen molar-refractivity contribution in [3.05, 3.63) is 50.7 Å². The SMILES string of the molecule is CCNC(=NCCc1ncc(C)s1)NCCc1ccc(F)cc1Cl.I. The van der Waals surface area contributed by atoms with Gasteiger partial charge in [0.1, 0.15) is 5.82 Å². The molecule has 1 aromatic carbocycles. The van der Waals surface area contributed by atoms with Crippen molar-refractivity contribution in [1.29, 1.82) is 0 Å². The van der Waals surface area contributed by atoms with Crippen LogP contribution in [0.3, 0.4) is 0 Å². The topological polar surface area (TPSA) is 49.3 Å². The maximum absolute atomic E-state index is 13.0. The third-order valence-corrected chi connectivity index (χ3v) is 4.64. The molecular formula is C17H23ClFIN4S. The number of hydrogen-bond donors (Lipinski definition) is 2. The van der Waals surface area contributed by atoms with E-state index >= 15 is 0 Å². The number of guanidine groups is 1. The molecule has 0 amide bonds. The Morgan fingerprint density at radius 1 is 1.32 bits per heavy atom. The Balaban J connectivity index is 0.00000312. The molecule has 0 saturated heterocycles. The van der Waals surface area contributed by atoms with Gasteiger partial charge in [-0.25, -0.2) is 9.37 Å². The number of hydrogen-bond acceptors (Lipinski definition) is 3. The summed E-state index contributed by atoms with van der Waals surface area (Å²) < 4.78 is 13.0. The monoisotopic (exact) mass is 496 g/mol. The zero-order valence-electron chi connectivity index (χ0n) is 14.3. The Bertz CT molecular complexity index is 693. The van der Waals surface area contributed by atoms with Crippen LogP contribution in [0.5, 0.6) is 0 Å². The van der Waals surface area contributed by atoms with Gasteiger partial charge in [0, 0.05) is 42.2 Å². The molecule has 138 valence electrons. The summed E-state index contributed by atoms with van der Waals surface area (Å²) in [7, 11) is 0. The molecule has 1 aromatic heterocycles. The molecule has 0 fully saturated rings. The summed E-state index contributed by atoms with van der Waals surface area (Å²) in [5, 5.41) is 8.04. The second-order valence-corrected chi connectivity index (χ2v) is 7.01. The van der Waals surface area contributed by atoms with E-state index in [1.165, 1.54) is 17.0 Å². The van der Waals surface area contributed by atoms with E-state index in [0.717, 1.165) is 29.5 Å². The fourth-order valence-electron chi connectivity index (χ4n) is 2.16. The minimum Gasteiger partial charge on any atom is -0.357 e. The summed E-state index contributed by atoms with van der Waals surface area (Å²) in [5.74, 6) is 0.452. The van der Waals surface area contributed by atoms with Crippen LogP contribution in [0.25, 0.3) is 0 Å². The number of aromatic nitrogens is 1. The van der Waals surface area contributed by atoms with Crippen LogP contribution in [0.15, 0.2) is 29.4 Å². The van der Waals surface area contributed by atoms with Crippen LogP contribution in [-0.4, -0.2) is 30.6 Å². The molecule has 2 aromatic rings. The van der Waals surface area contributed by atoms with Crippen molar-refractivity contribution in [2.45, 2.75) is 26.7 Å². The average molecular weight is 497 g/mol. The Labute approximate surface area is 174 Å². The van der Waals surface area contributed by atoms with Gasteiger partial charge in [0.15, 0.2) is 5.96 Å². The van der Waals surface area contributed by atoms with Crippen LogP contribution in [0, 0.1) is 12.7 Å². The van der Waals surface area contributed by atoms with E-state index in [0.29, 0.717) is 24.5 Å². The van der Waals surface area contributed by atoms with E-state index < -0.39 is 0 Å². The first-order valence-electron chi connectivity index (χ1n) is 7.96. The number of benzene rings is 1. The second-order valence-electron chi connectivity index (χ2n) is 5.29. The Hall–Kier alpha value is -0.930. The van der Waals surface area contributed by atoms with Crippen LogP contribution in [0.1, 0.15) is 22.4 Å². The van der Waals surface area contributed by atoms with E-state index in [1.54, 1.807) is 17.4 Å². The predicted molar refractivity (Wildman–Crippen MR) is 115 cm³/mol. The molecule has 25 heavy (non-hydrogen) atoms. The third-order valence-electron chi connectivity index (χ3n) is 3.31. The van der Waals surface area contributed by atoms with Crippen molar-refractivity contribution in [2.75, 3.05) is 19.6 Å². The number of nitrogens with zero attached hydrogens (tertiary/aromatic N) is 2. The highest BCUT2D eigenvalue weighted by molar-refractivity contribution is 14.0. The van der Waals surface area contributed by atoms with Gasteiger partial charge in [-0.2, -0.15) is 0 Å². The van der Waals surface area contributed by atoms with Gasteiger partial charge in [0.05, 0.1) is 5.01 Å². The summed E-state index contributed by atoms with van der Waals surface area (Å²) in [6.07, 6.45) is 3.42. The fourth-order valence-corrected chi connectivity index (χ4v) is 3.20. The molecule has 1 heterocycles. The number of aryl methyl sites for hydroxylation is 1. The first-order valence-corrected chi connectivity index (χ1v) is 9.15. The quantitative estimate of drug-likeness (QED) is 0.343. The van der Waals surface area contributed by atoms with E-state index in [4.69, 9.17) is 11.6 Å².